The van der Waals surface area contributed by atoms with E-state index in [0.29, 0.717) is 32.4 Å². The van der Waals surface area contributed by atoms with Crippen molar-refractivity contribution in [3.8, 4) is 0 Å². The van der Waals surface area contributed by atoms with Gasteiger partial charge in [-0.2, -0.15) is 0 Å². The second-order valence-corrected chi connectivity index (χ2v) is 11.5. The van der Waals surface area contributed by atoms with E-state index in [1.165, 1.54) is 0 Å². The topological polar surface area (TPSA) is 96.4 Å². The number of hydrogen-bond acceptors (Lipinski definition) is 6. The molecule has 0 bridgehead atoms. The fourth-order valence-corrected chi connectivity index (χ4v) is 7.14. The number of hydrogen-bond donors (Lipinski definition) is 1. The molecule has 216 valence electrons. The molecule has 2 amide bonds. The van der Waals surface area contributed by atoms with Crippen molar-refractivity contribution in [2.24, 2.45) is 11.8 Å². The molecule has 2 fully saturated rings. The van der Waals surface area contributed by atoms with Gasteiger partial charge in [-0.1, -0.05) is 81.3 Å². The zero-order valence-electron chi connectivity index (χ0n) is 23.7. The summed E-state index contributed by atoms with van der Waals surface area (Å²) in [5.74, 6) is -2.82. The molecule has 4 aliphatic rings. The summed E-state index contributed by atoms with van der Waals surface area (Å²) in [6, 6.07) is 8.00. The number of likely N-dealkylation sites (tertiary alicyclic amines) is 1. The SMILES string of the molecule is CCCCCN1CC=C[C@]23O[C@@]4(CC)/C=C\CCCOC(=O)[C@H]4[C@H]2C(=O)N([C@@H](CO)Cc2ccccc2)C3C1=O. The minimum absolute atomic E-state index is 0.196. The number of fused-ring (bicyclic) bond motifs is 2. The minimum atomic E-state index is -1.35. The number of carbonyl (C=O) groups excluding carboxylic acids is 3. The van der Waals surface area contributed by atoms with Gasteiger partial charge in [0.15, 0.2) is 0 Å². The highest BCUT2D eigenvalue weighted by Crippen LogP contribution is 2.58. The fraction of sp³-hybridized carbons (Fsp3) is 0.594. The fourth-order valence-electron chi connectivity index (χ4n) is 7.14. The zero-order valence-corrected chi connectivity index (χ0v) is 23.7. The van der Waals surface area contributed by atoms with E-state index < -0.39 is 41.1 Å². The molecular weight excluding hydrogens is 508 g/mol. The molecule has 1 unspecified atom stereocenters. The van der Waals surface area contributed by atoms with Crippen molar-refractivity contribution >= 4 is 17.8 Å². The van der Waals surface area contributed by atoms with Crippen LogP contribution in [0.3, 0.4) is 0 Å². The molecule has 1 N–H and O–H groups in total. The second kappa shape index (κ2) is 11.9. The van der Waals surface area contributed by atoms with Crippen LogP contribution in [0.4, 0.5) is 0 Å². The number of aliphatic hydroxyl groups is 1. The van der Waals surface area contributed by atoms with Crippen LogP contribution in [0.5, 0.6) is 0 Å². The van der Waals surface area contributed by atoms with Crippen LogP contribution < -0.4 is 0 Å². The van der Waals surface area contributed by atoms with E-state index in [9.17, 15) is 19.5 Å². The molecule has 1 aromatic rings. The third-order valence-corrected chi connectivity index (χ3v) is 9.10. The molecule has 0 aliphatic carbocycles. The molecule has 8 nitrogen and oxygen atoms in total. The first kappa shape index (κ1) is 28.6. The molecule has 6 atom stereocenters. The highest BCUT2D eigenvalue weighted by atomic mass is 16.6. The van der Waals surface area contributed by atoms with Gasteiger partial charge in [0.1, 0.15) is 23.2 Å². The standard InChI is InChI=1S/C32H42N2O6/c1-3-5-11-18-33-19-13-17-32-25(26-30(38)39-20-12-7-10-16-31(26,4-2)40-32)28(36)34(27(32)29(33)37)24(22-35)21-23-14-8-6-9-15-23/h6,8-10,13-17,24-27,35H,3-5,7,11-12,18-22H2,1-2H3/b16-10-/t24-,25+,26-,27?,31+,32+/m1/s1. The van der Waals surface area contributed by atoms with Crippen LogP contribution in [-0.2, 0) is 30.3 Å². The number of amides is 2. The van der Waals surface area contributed by atoms with Gasteiger partial charge in [0.2, 0.25) is 11.8 Å². The van der Waals surface area contributed by atoms with Gasteiger partial charge in [-0.25, -0.2) is 0 Å². The molecule has 0 radical (unpaired) electrons. The van der Waals surface area contributed by atoms with E-state index in [1.807, 2.05) is 61.6 Å². The Bertz CT molecular complexity index is 1150. The van der Waals surface area contributed by atoms with Gasteiger partial charge >= 0.3 is 5.97 Å². The average molecular weight is 551 g/mol. The van der Waals surface area contributed by atoms with Crippen molar-refractivity contribution in [1.29, 1.82) is 0 Å². The predicted molar refractivity (Wildman–Crippen MR) is 150 cm³/mol. The molecule has 40 heavy (non-hydrogen) atoms. The van der Waals surface area contributed by atoms with Gasteiger partial charge in [0, 0.05) is 13.1 Å². The van der Waals surface area contributed by atoms with Crippen LogP contribution >= 0.6 is 0 Å². The number of rotatable bonds is 9. The first-order valence-electron chi connectivity index (χ1n) is 14.9. The zero-order chi connectivity index (χ0) is 28.3. The Morgan fingerprint density at radius 3 is 2.55 bits per heavy atom. The number of cyclic esters (lactones) is 1. The number of allylic oxidation sites excluding steroid dienone is 1. The van der Waals surface area contributed by atoms with Crippen LogP contribution in [0.2, 0.25) is 0 Å². The molecule has 0 saturated carbocycles. The number of benzene rings is 1. The second-order valence-electron chi connectivity index (χ2n) is 11.5. The van der Waals surface area contributed by atoms with E-state index in [2.05, 4.69) is 6.92 Å². The molecule has 2 saturated heterocycles. The van der Waals surface area contributed by atoms with E-state index in [-0.39, 0.29) is 25.0 Å². The highest BCUT2D eigenvalue weighted by Gasteiger charge is 2.75. The Morgan fingerprint density at radius 1 is 1.02 bits per heavy atom. The molecule has 0 aromatic heterocycles. The van der Waals surface area contributed by atoms with Crippen LogP contribution in [0.15, 0.2) is 54.6 Å². The summed E-state index contributed by atoms with van der Waals surface area (Å²) in [5, 5.41) is 10.6. The van der Waals surface area contributed by atoms with Gasteiger partial charge < -0.3 is 24.4 Å². The summed E-state index contributed by atoms with van der Waals surface area (Å²) in [5.41, 5.74) is -1.46. The number of carbonyl (C=O) groups is 3. The Kier molecular flexibility index (Phi) is 8.47. The van der Waals surface area contributed by atoms with E-state index >= 15 is 0 Å². The average Bonchev–Trinajstić information content (AvgIpc) is 3.35. The smallest absolute Gasteiger partial charge is 0.313 e. The molecular formula is C32H42N2O6. The maximum absolute atomic E-state index is 14.6. The van der Waals surface area contributed by atoms with Crippen LogP contribution in [0.1, 0.15) is 57.9 Å². The van der Waals surface area contributed by atoms with Gasteiger partial charge in [0.05, 0.1) is 25.2 Å². The maximum Gasteiger partial charge on any atom is 0.313 e. The highest BCUT2D eigenvalue weighted by molar-refractivity contribution is 5.99. The lowest BCUT2D eigenvalue weighted by Crippen LogP contribution is -2.59. The summed E-state index contributed by atoms with van der Waals surface area (Å²) < 4.78 is 12.7. The van der Waals surface area contributed by atoms with E-state index in [4.69, 9.17) is 9.47 Å². The monoisotopic (exact) mass is 550 g/mol. The van der Waals surface area contributed by atoms with Crippen molar-refractivity contribution in [2.75, 3.05) is 26.3 Å². The van der Waals surface area contributed by atoms with E-state index in [1.54, 1.807) is 9.80 Å². The number of nitrogens with zero attached hydrogens (tertiary/aromatic N) is 2. The molecule has 1 spiro atoms. The minimum Gasteiger partial charge on any atom is -0.465 e. The van der Waals surface area contributed by atoms with Crippen LogP contribution in [-0.4, -0.2) is 82.3 Å². The lowest BCUT2D eigenvalue weighted by atomic mass is 9.73. The van der Waals surface area contributed by atoms with Crippen LogP contribution in [0, 0.1) is 11.8 Å². The lowest BCUT2D eigenvalue weighted by molar-refractivity contribution is -0.163. The molecule has 8 heteroatoms. The summed E-state index contributed by atoms with van der Waals surface area (Å²) in [4.78, 5) is 46.1. The summed E-state index contributed by atoms with van der Waals surface area (Å²) in [7, 11) is 0. The van der Waals surface area contributed by atoms with Gasteiger partial charge in [-0.05, 0) is 37.7 Å². The molecule has 4 heterocycles. The van der Waals surface area contributed by atoms with Gasteiger partial charge in [-0.15, -0.1) is 0 Å². The van der Waals surface area contributed by atoms with Crippen molar-refractivity contribution < 1.29 is 29.0 Å². The van der Waals surface area contributed by atoms with Gasteiger partial charge in [0.25, 0.3) is 0 Å². The predicted octanol–water partition coefficient (Wildman–Crippen LogP) is 3.43. The summed E-state index contributed by atoms with van der Waals surface area (Å²) in [6.45, 7) is 5.00. The summed E-state index contributed by atoms with van der Waals surface area (Å²) >= 11 is 0. The third-order valence-electron chi connectivity index (χ3n) is 9.10. The van der Waals surface area contributed by atoms with Gasteiger partial charge in [-0.3, -0.25) is 14.4 Å². The van der Waals surface area contributed by atoms with Crippen LogP contribution in [0.25, 0.3) is 0 Å². The molecule has 4 aliphatic heterocycles. The normalized spacial score (nSPS) is 33.3. The molecule has 5 rings (SSSR count). The Balaban J connectivity index is 1.63. The Labute approximate surface area is 237 Å². The molecule has 1 aromatic carbocycles. The summed E-state index contributed by atoms with van der Waals surface area (Å²) in [6.07, 6.45) is 12.9. The lowest BCUT2D eigenvalue weighted by Gasteiger charge is -2.41. The van der Waals surface area contributed by atoms with Crippen molar-refractivity contribution in [1.82, 2.24) is 9.80 Å². The number of aliphatic hydroxyl groups excluding tert-OH is 1. The number of esters is 1. The number of ether oxygens (including phenoxy) is 2. The van der Waals surface area contributed by atoms with Crippen molar-refractivity contribution in [2.45, 2.75) is 82.1 Å². The Morgan fingerprint density at radius 2 is 1.82 bits per heavy atom. The Hall–Kier alpha value is -2.97. The quantitative estimate of drug-likeness (QED) is 0.288. The third kappa shape index (κ3) is 4.79. The first-order chi connectivity index (χ1) is 19.4. The van der Waals surface area contributed by atoms with Crippen molar-refractivity contribution in [3.05, 3.63) is 60.2 Å². The van der Waals surface area contributed by atoms with Crippen molar-refractivity contribution in [3.63, 3.8) is 0 Å². The largest absolute Gasteiger partial charge is 0.465 e. The first-order valence-corrected chi connectivity index (χ1v) is 14.9. The van der Waals surface area contributed by atoms with E-state index in [0.717, 1.165) is 31.2 Å². The number of unbranched alkanes of at least 4 members (excludes halogenated alkanes) is 2. The maximum atomic E-state index is 14.6.